The molecule has 0 amide bonds. The van der Waals surface area contributed by atoms with Gasteiger partial charge in [0, 0.05) is 18.8 Å². The van der Waals surface area contributed by atoms with E-state index >= 15 is 0 Å². The predicted molar refractivity (Wildman–Crippen MR) is 95.2 cm³/mol. The number of nitrogens with zero attached hydrogens (tertiary/aromatic N) is 1. The molecule has 0 atom stereocenters. The highest BCUT2D eigenvalue weighted by Gasteiger charge is 2.29. The van der Waals surface area contributed by atoms with Gasteiger partial charge in [-0.05, 0) is 55.6 Å². The minimum absolute atomic E-state index is 0.354. The first kappa shape index (κ1) is 17.4. The van der Waals surface area contributed by atoms with Crippen molar-refractivity contribution in [2.45, 2.75) is 53.4 Å². The molecule has 1 aromatic rings. The van der Waals surface area contributed by atoms with Gasteiger partial charge in [-0.1, -0.05) is 38.8 Å². The lowest BCUT2D eigenvalue weighted by Crippen LogP contribution is -2.39. The summed E-state index contributed by atoms with van der Waals surface area (Å²) in [6.07, 6.45) is 5.02. The van der Waals surface area contributed by atoms with E-state index in [-0.39, 0.29) is 0 Å². The Labute approximate surface area is 131 Å². The van der Waals surface area contributed by atoms with Crippen molar-refractivity contribution >= 4 is 18.3 Å². The molecular formula is C18H31NS. The summed E-state index contributed by atoms with van der Waals surface area (Å²) in [5, 5.41) is 0. The van der Waals surface area contributed by atoms with E-state index in [4.69, 9.17) is 0 Å². The SMILES string of the molecule is CCCC(CS)(CCC)CN(CC)c1cccc(C)c1. The van der Waals surface area contributed by atoms with Gasteiger partial charge in [-0.25, -0.2) is 0 Å². The van der Waals surface area contributed by atoms with Gasteiger partial charge in [0.2, 0.25) is 0 Å². The quantitative estimate of drug-likeness (QED) is 0.602. The van der Waals surface area contributed by atoms with E-state index in [1.54, 1.807) is 0 Å². The summed E-state index contributed by atoms with van der Waals surface area (Å²) in [5.74, 6) is 0.983. The Morgan fingerprint density at radius 2 is 1.75 bits per heavy atom. The van der Waals surface area contributed by atoms with Crippen LogP contribution < -0.4 is 4.90 Å². The van der Waals surface area contributed by atoms with Crippen molar-refractivity contribution in [3.63, 3.8) is 0 Å². The molecule has 1 rings (SSSR count). The summed E-state index contributed by atoms with van der Waals surface area (Å²) in [7, 11) is 0. The molecule has 0 bridgehead atoms. The number of hydrogen-bond donors (Lipinski definition) is 1. The van der Waals surface area contributed by atoms with Gasteiger partial charge in [0.15, 0.2) is 0 Å². The van der Waals surface area contributed by atoms with Gasteiger partial charge in [-0.15, -0.1) is 0 Å². The second-order valence-corrected chi connectivity index (χ2v) is 6.33. The largest absolute Gasteiger partial charge is 0.371 e. The molecule has 0 fully saturated rings. The highest BCUT2D eigenvalue weighted by Crippen LogP contribution is 2.34. The monoisotopic (exact) mass is 293 g/mol. The number of aryl methyl sites for hydroxylation is 1. The topological polar surface area (TPSA) is 3.24 Å². The third-order valence-electron chi connectivity index (χ3n) is 4.17. The number of benzene rings is 1. The second kappa shape index (κ2) is 8.61. The summed E-state index contributed by atoms with van der Waals surface area (Å²) < 4.78 is 0. The number of thiol groups is 1. The number of hydrogen-bond acceptors (Lipinski definition) is 2. The maximum atomic E-state index is 4.69. The smallest absolute Gasteiger partial charge is 0.0368 e. The van der Waals surface area contributed by atoms with Crippen molar-refractivity contribution in [1.29, 1.82) is 0 Å². The summed E-state index contributed by atoms with van der Waals surface area (Å²) in [5.41, 5.74) is 3.04. The average Bonchev–Trinajstić information content (AvgIpc) is 2.45. The third kappa shape index (κ3) is 4.73. The fourth-order valence-electron chi connectivity index (χ4n) is 3.17. The predicted octanol–water partition coefficient (Wildman–Crippen LogP) is 5.34. The van der Waals surface area contributed by atoms with Crippen molar-refractivity contribution in [3.05, 3.63) is 29.8 Å². The van der Waals surface area contributed by atoms with E-state index in [0.717, 1.165) is 18.8 Å². The van der Waals surface area contributed by atoms with Crippen LogP contribution in [0.4, 0.5) is 5.69 Å². The van der Waals surface area contributed by atoms with E-state index in [9.17, 15) is 0 Å². The van der Waals surface area contributed by atoms with Crippen LogP contribution in [0.5, 0.6) is 0 Å². The normalized spacial score (nSPS) is 11.7. The van der Waals surface area contributed by atoms with Crippen LogP contribution in [0.3, 0.4) is 0 Å². The van der Waals surface area contributed by atoms with Gasteiger partial charge in [0.05, 0.1) is 0 Å². The molecule has 0 N–H and O–H groups in total. The molecule has 0 aliphatic carbocycles. The molecule has 2 heteroatoms. The fourth-order valence-corrected chi connectivity index (χ4v) is 3.58. The fraction of sp³-hybridized carbons (Fsp3) is 0.667. The zero-order valence-corrected chi connectivity index (χ0v) is 14.5. The Balaban J connectivity index is 2.93. The van der Waals surface area contributed by atoms with Crippen LogP contribution in [0.25, 0.3) is 0 Å². The van der Waals surface area contributed by atoms with Crippen LogP contribution in [0.15, 0.2) is 24.3 Å². The van der Waals surface area contributed by atoms with Gasteiger partial charge >= 0.3 is 0 Å². The first-order valence-electron chi connectivity index (χ1n) is 8.03. The van der Waals surface area contributed by atoms with Crippen molar-refractivity contribution in [1.82, 2.24) is 0 Å². The molecule has 0 spiro atoms. The van der Waals surface area contributed by atoms with E-state index in [1.807, 2.05) is 0 Å². The van der Waals surface area contributed by atoms with Crippen LogP contribution in [0.2, 0.25) is 0 Å². The molecule has 0 heterocycles. The lowest BCUT2D eigenvalue weighted by atomic mass is 9.80. The average molecular weight is 294 g/mol. The van der Waals surface area contributed by atoms with Crippen molar-refractivity contribution in [3.8, 4) is 0 Å². The molecule has 1 nitrogen and oxygen atoms in total. The van der Waals surface area contributed by atoms with Gasteiger partial charge in [0.25, 0.3) is 0 Å². The minimum Gasteiger partial charge on any atom is -0.371 e. The maximum Gasteiger partial charge on any atom is 0.0368 e. The highest BCUT2D eigenvalue weighted by atomic mass is 32.1. The second-order valence-electron chi connectivity index (χ2n) is 6.01. The minimum atomic E-state index is 0.354. The molecule has 0 aromatic heterocycles. The van der Waals surface area contributed by atoms with Crippen LogP contribution in [0.1, 0.15) is 52.0 Å². The molecule has 0 unspecified atom stereocenters. The Hall–Kier alpha value is -0.630. The molecule has 0 aliphatic heterocycles. The molecule has 0 radical (unpaired) electrons. The van der Waals surface area contributed by atoms with Crippen molar-refractivity contribution in [2.24, 2.45) is 5.41 Å². The zero-order chi connectivity index (χ0) is 15.0. The van der Waals surface area contributed by atoms with E-state index in [0.29, 0.717) is 5.41 Å². The standard InChI is InChI=1S/C18H31NS/c1-5-11-18(15-20,12-6-2)14-19(7-3)17-10-8-9-16(4)13-17/h8-10,13,20H,5-7,11-12,14-15H2,1-4H3. The number of anilines is 1. The van der Waals surface area contributed by atoms with Crippen LogP contribution >= 0.6 is 12.6 Å². The Morgan fingerprint density at radius 1 is 1.10 bits per heavy atom. The molecule has 0 saturated carbocycles. The van der Waals surface area contributed by atoms with E-state index in [2.05, 4.69) is 69.5 Å². The van der Waals surface area contributed by atoms with Crippen molar-refractivity contribution < 1.29 is 0 Å². The van der Waals surface area contributed by atoms with Crippen LogP contribution in [-0.4, -0.2) is 18.8 Å². The third-order valence-corrected chi connectivity index (χ3v) is 4.84. The maximum absolute atomic E-state index is 4.69. The van der Waals surface area contributed by atoms with Gasteiger partial charge in [-0.3, -0.25) is 0 Å². The lowest BCUT2D eigenvalue weighted by Gasteiger charge is -2.38. The highest BCUT2D eigenvalue weighted by molar-refractivity contribution is 7.80. The molecule has 0 aliphatic rings. The summed E-state index contributed by atoms with van der Waals surface area (Å²) >= 11 is 4.69. The summed E-state index contributed by atoms with van der Waals surface area (Å²) in [4.78, 5) is 2.52. The zero-order valence-electron chi connectivity index (χ0n) is 13.7. The van der Waals surface area contributed by atoms with Gasteiger partial charge < -0.3 is 4.90 Å². The molecule has 1 aromatic carbocycles. The summed E-state index contributed by atoms with van der Waals surface area (Å²) in [6, 6.07) is 8.86. The Kier molecular flexibility index (Phi) is 7.50. The van der Waals surface area contributed by atoms with E-state index in [1.165, 1.54) is 36.9 Å². The number of rotatable bonds is 9. The van der Waals surface area contributed by atoms with E-state index < -0.39 is 0 Å². The van der Waals surface area contributed by atoms with Crippen LogP contribution in [0, 0.1) is 12.3 Å². The molecule has 20 heavy (non-hydrogen) atoms. The lowest BCUT2D eigenvalue weighted by molar-refractivity contribution is 0.279. The summed E-state index contributed by atoms with van der Waals surface area (Å²) in [6.45, 7) is 11.2. The van der Waals surface area contributed by atoms with Crippen molar-refractivity contribution in [2.75, 3.05) is 23.7 Å². The molecule has 0 saturated heterocycles. The van der Waals surface area contributed by atoms with Gasteiger partial charge in [-0.2, -0.15) is 12.6 Å². The van der Waals surface area contributed by atoms with Crippen LogP contribution in [-0.2, 0) is 0 Å². The Bertz CT molecular complexity index is 383. The molecular weight excluding hydrogens is 262 g/mol. The first-order valence-corrected chi connectivity index (χ1v) is 8.66. The Morgan fingerprint density at radius 3 is 2.20 bits per heavy atom. The molecule has 114 valence electrons. The van der Waals surface area contributed by atoms with Gasteiger partial charge in [0.1, 0.15) is 0 Å². The first-order chi connectivity index (χ1) is 9.60.